The summed E-state index contributed by atoms with van der Waals surface area (Å²) in [5.41, 5.74) is 7.04. The number of benzene rings is 1. The Kier molecular flexibility index (Phi) is 3.72. The first kappa shape index (κ1) is 12.0. The number of halogens is 1. The summed E-state index contributed by atoms with van der Waals surface area (Å²) in [6.07, 6.45) is 1.83. The minimum atomic E-state index is -0.490. The molecule has 1 heterocycles. The first-order valence-corrected chi connectivity index (χ1v) is 5.75. The van der Waals surface area contributed by atoms with Crippen molar-refractivity contribution in [1.29, 1.82) is 5.26 Å². The summed E-state index contributed by atoms with van der Waals surface area (Å²) in [5, 5.41) is 8.78. The Morgan fingerprint density at radius 2 is 2.12 bits per heavy atom. The van der Waals surface area contributed by atoms with Gasteiger partial charge in [-0.25, -0.2) is 4.39 Å². The topological polar surface area (TPSA) is 59.0 Å². The molecule has 0 aliphatic carbocycles. The standard InChI is InChI=1S/C13H15FN2O/c14-12-2-1-10(7-11(12)8-15)13(16)9-3-5-17-6-4-9/h1-2,7,9,13H,3-6,16H2/t13-/m1/s1. The maximum absolute atomic E-state index is 13.2. The molecule has 0 aromatic heterocycles. The van der Waals surface area contributed by atoms with E-state index >= 15 is 0 Å². The SMILES string of the molecule is N#Cc1cc([C@H](N)C2CCOCC2)ccc1F. The molecule has 0 saturated carbocycles. The lowest BCUT2D eigenvalue weighted by atomic mass is 9.87. The van der Waals surface area contributed by atoms with Gasteiger partial charge in [-0.05, 0) is 36.5 Å². The van der Waals surface area contributed by atoms with Gasteiger partial charge in [0.05, 0.1) is 5.56 Å². The van der Waals surface area contributed by atoms with Crippen molar-refractivity contribution < 1.29 is 9.13 Å². The smallest absolute Gasteiger partial charge is 0.140 e. The molecule has 0 unspecified atom stereocenters. The zero-order chi connectivity index (χ0) is 12.3. The summed E-state index contributed by atoms with van der Waals surface area (Å²) in [4.78, 5) is 0. The maximum atomic E-state index is 13.2. The van der Waals surface area contributed by atoms with Crippen LogP contribution in [-0.2, 0) is 4.74 Å². The molecule has 90 valence electrons. The predicted molar refractivity (Wildman–Crippen MR) is 61.6 cm³/mol. The molecule has 0 amide bonds. The largest absolute Gasteiger partial charge is 0.381 e. The van der Waals surface area contributed by atoms with Crippen molar-refractivity contribution in [2.75, 3.05) is 13.2 Å². The zero-order valence-electron chi connectivity index (χ0n) is 9.53. The number of hydrogen-bond acceptors (Lipinski definition) is 3. The van der Waals surface area contributed by atoms with Crippen LogP contribution in [0, 0.1) is 23.1 Å². The van der Waals surface area contributed by atoms with Crippen molar-refractivity contribution in [3.63, 3.8) is 0 Å². The molecular formula is C13H15FN2O. The van der Waals surface area contributed by atoms with Crippen LogP contribution in [0.1, 0.15) is 30.0 Å². The Bertz CT molecular complexity index is 436. The second-order valence-corrected chi connectivity index (χ2v) is 4.33. The molecule has 4 heteroatoms. The van der Waals surface area contributed by atoms with Crippen molar-refractivity contribution in [1.82, 2.24) is 0 Å². The Morgan fingerprint density at radius 3 is 2.76 bits per heavy atom. The molecular weight excluding hydrogens is 219 g/mol. The molecule has 2 rings (SSSR count). The van der Waals surface area contributed by atoms with Gasteiger partial charge < -0.3 is 10.5 Å². The van der Waals surface area contributed by atoms with Crippen molar-refractivity contribution in [2.24, 2.45) is 11.7 Å². The van der Waals surface area contributed by atoms with E-state index in [1.54, 1.807) is 12.1 Å². The van der Waals surface area contributed by atoms with Crippen LogP contribution in [0.15, 0.2) is 18.2 Å². The fourth-order valence-corrected chi connectivity index (χ4v) is 2.18. The number of nitrogens with zero attached hydrogens (tertiary/aromatic N) is 1. The van der Waals surface area contributed by atoms with Gasteiger partial charge >= 0.3 is 0 Å². The average Bonchev–Trinajstić information content (AvgIpc) is 2.39. The second-order valence-electron chi connectivity index (χ2n) is 4.33. The normalized spacial score (nSPS) is 18.6. The lowest BCUT2D eigenvalue weighted by Crippen LogP contribution is -2.27. The van der Waals surface area contributed by atoms with Gasteiger partial charge in [-0.2, -0.15) is 5.26 Å². The number of nitrogens with two attached hydrogens (primary N) is 1. The fraction of sp³-hybridized carbons (Fsp3) is 0.462. The minimum absolute atomic E-state index is 0.0602. The van der Waals surface area contributed by atoms with Gasteiger partial charge in [-0.3, -0.25) is 0 Å². The number of ether oxygens (including phenoxy) is 1. The molecule has 0 bridgehead atoms. The molecule has 1 aromatic carbocycles. The van der Waals surface area contributed by atoms with E-state index in [2.05, 4.69) is 0 Å². The Balaban J connectivity index is 2.18. The lowest BCUT2D eigenvalue weighted by molar-refractivity contribution is 0.0583. The summed E-state index contributed by atoms with van der Waals surface area (Å²) in [6, 6.07) is 6.22. The highest BCUT2D eigenvalue weighted by molar-refractivity contribution is 5.35. The fourth-order valence-electron chi connectivity index (χ4n) is 2.18. The molecule has 1 fully saturated rings. The average molecular weight is 234 g/mol. The highest BCUT2D eigenvalue weighted by atomic mass is 19.1. The van der Waals surface area contributed by atoms with Gasteiger partial charge in [0.15, 0.2) is 0 Å². The van der Waals surface area contributed by atoms with Crippen LogP contribution in [0.4, 0.5) is 4.39 Å². The maximum Gasteiger partial charge on any atom is 0.140 e. The Morgan fingerprint density at radius 1 is 1.41 bits per heavy atom. The second kappa shape index (κ2) is 5.26. The van der Waals surface area contributed by atoms with Crippen LogP contribution in [0.2, 0.25) is 0 Å². The van der Waals surface area contributed by atoms with Crippen LogP contribution in [0.3, 0.4) is 0 Å². The van der Waals surface area contributed by atoms with Crippen LogP contribution in [0.25, 0.3) is 0 Å². The lowest BCUT2D eigenvalue weighted by Gasteiger charge is -2.27. The predicted octanol–water partition coefficient (Wildman–Crippen LogP) is 2.12. The van der Waals surface area contributed by atoms with Crippen molar-refractivity contribution >= 4 is 0 Å². The molecule has 1 aromatic rings. The van der Waals surface area contributed by atoms with E-state index in [1.807, 2.05) is 6.07 Å². The Labute approximate surface area is 100.0 Å². The van der Waals surface area contributed by atoms with Gasteiger partial charge in [0.1, 0.15) is 11.9 Å². The minimum Gasteiger partial charge on any atom is -0.381 e. The van der Waals surface area contributed by atoms with Crippen molar-refractivity contribution in [3.8, 4) is 6.07 Å². The van der Waals surface area contributed by atoms with E-state index in [-0.39, 0.29) is 11.6 Å². The van der Waals surface area contributed by atoms with Crippen LogP contribution < -0.4 is 5.73 Å². The van der Waals surface area contributed by atoms with Crippen LogP contribution in [-0.4, -0.2) is 13.2 Å². The zero-order valence-corrected chi connectivity index (χ0v) is 9.53. The highest BCUT2D eigenvalue weighted by Gasteiger charge is 2.22. The third kappa shape index (κ3) is 2.63. The van der Waals surface area contributed by atoms with E-state index < -0.39 is 5.82 Å². The van der Waals surface area contributed by atoms with Crippen molar-refractivity contribution in [2.45, 2.75) is 18.9 Å². The monoisotopic (exact) mass is 234 g/mol. The summed E-state index contributed by atoms with van der Waals surface area (Å²) in [6.45, 7) is 1.45. The molecule has 0 spiro atoms. The van der Waals surface area contributed by atoms with Gasteiger partial charge in [0.2, 0.25) is 0 Å². The van der Waals surface area contributed by atoms with Crippen LogP contribution >= 0.6 is 0 Å². The number of nitriles is 1. The molecule has 2 N–H and O–H groups in total. The summed E-state index contributed by atoms with van der Waals surface area (Å²) >= 11 is 0. The van der Waals surface area contributed by atoms with Gasteiger partial charge in [0, 0.05) is 19.3 Å². The van der Waals surface area contributed by atoms with E-state index in [0.717, 1.165) is 31.6 Å². The molecule has 1 saturated heterocycles. The van der Waals surface area contributed by atoms with E-state index in [9.17, 15) is 4.39 Å². The van der Waals surface area contributed by atoms with Gasteiger partial charge in [0.25, 0.3) is 0 Å². The Hall–Kier alpha value is -1.44. The molecule has 1 aliphatic heterocycles. The molecule has 0 radical (unpaired) electrons. The third-order valence-electron chi connectivity index (χ3n) is 3.27. The number of rotatable bonds is 2. The molecule has 17 heavy (non-hydrogen) atoms. The first-order chi connectivity index (χ1) is 8.22. The summed E-state index contributed by atoms with van der Waals surface area (Å²) in [7, 11) is 0. The molecule has 3 nitrogen and oxygen atoms in total. The van der Waals surface area contributed by atoms with Gasteiger partial charge in [-0.1, -0.05) is 6.07 Å². The van der Waals surface area contributed by atoms with Crippen molar-refractivity contribution in [3.05, 3.63) is 35.1 Å². The van der Waals surface area contributed by atoms with E-state index in [4.69, 9.17) is 15.7 Å². The first-order valence-electron chi connectivity index (χ1n) is 5.75. The third-order valence-corrected chi connectivity index (χ3v) is 3.27. The van der Waals surface area contributed by atoms with E-state index in [1.165, 1.54) is 6.07 Å². The van der Waals surface area contributed by atoms with E-state index in [0.29, 0.717) is 5.92 Å². The van der Waals surface area contributed by atoms with Crippen LogP contribution in [0.5, 0.6) is 0 Å². The summed E-state index contributed by atoms with van der Waals surface area (Å²) in [5.74, 6) is -0.142. The summed E-state index contributed by atoms with van der Waals surface area (Å²) < 4.78 is 18.5. The number of hydrogen-bond donors (Lipinski definition) is 1. The molecule has 1 aliphatic rings. The quantitative estimate of drug-likeness (QED) is 0.852. The molecule has 1 atom stereocenters. The van der Waals surface area contributed by atoms with Gasteiger partial charge in [-0.15, -0.1) is 0 Å². The highest BCUT2D eigenvalue weighted by Crippen LogP contribution is 2.28.